The number of urea groups is 1. The van der Waals surface area contributed by atoms with E-state index in [9.17, 15) is 9.59 Å². The zero-order chi connectivity index (χ0) is 15.8. The third kappa shape index (κ3) is 6.16. The molecule has 2 amide bonds. The molecule has 1 atom stereocenters. The average Bonchev–Trinajstić information content (AvgIpc) is 2.42. The quantitative estimate of drug-likeness (QED) is 0.721. The van der Waals surface area contributed by atoms with Crippen LogP contribution in [0, 0.1) is 5.92 Å². The molecule has 0 aliphatic carbocycles. The summed E-state index contributed by atoms with van der Waals surface area (Å²) in [6.07, 6.45) is 0.854. The van der Waals surface area contributed by atoms with E-state index in [1.165, 1.54) is 0 Å². The second-order valence-electron chi connectivity index (χ2n) is 5.07. The molecule has 0 bridgehead atoms. The van der Waals surface area contributed by atoms with Crippen molar-refractivity contribution in [3.63, 3.8) is 0 Å². The standard InChI is InChI=1S/C15H22N2O4/c1-4-13(10(2)3)17-15(20)16-11-6-5-7-12(8-11)21-9-14(18)19/h5-8,10,13H,4,9H2,1-3H3,(H,18,19)(H2,16,17,20). The number of rotatable bonds is 7. The summed E-state index contributed by atoms with van der Waals surface area (Å²) >= 11 is 0. The van der Waals surface area contributed by atoms with E-state index in [1.807, 2.05) is 6.92 Å². The van der Waals surface area contributed by atoms with Crippen LogP contribution in [0.4, 0.5) is 10.5 Å². The molecule has 0 aromatic heterocycles. The second kappa shape index (κ2) is 8.14. The van der Waals surface area contributed by atoms with Gasteiger partial charge in [-0.25, -0.2) is 9.59 Å². The number of carbonyl (C=O) groups excluding carboxylic acids is 1. The van der Waals surface area contributed by atoms with Crippen molar-refractivity contribution in [1.82, 2.24) is 5.32 Å². The lowest BCUT2D eigenvalue weighted by atomic mass is 10.0. The maximum atomic E-state index is 11.9. The Morgan fingerprint density at radius 1 is 1.33 bits per heavy atom. The monoisotopic (exact) mass is 294 g/mol. The van der Waals surface area contributed by atoms with Crippen molar-refractivity contribution in [2.45, 2.75) is 33.2 Å². The van der Waals surface area contributed by atoms with E-state index >= 15 is 0 Å². The highest BCUT2D eigenvalue weighted by molar-refractivity contribution is 5.89. The summed E-state index contributed by atoms with van der Waals surface area (Å²) in [6, 6.07) is 6.44. The Kier molecular flexibility index (Phi) is 6.52. The highest BCUT2D eigenvalue weighted by Crippen LogP contribution is 2.17. The summed E-state index contributed by atoms with van der Waals surface area (Å²) in [4.78, 5) is 22.4. The number of benzene rings is 1. The van der Waals surface area contributed by atoms with Crippen molar-refractivity contribution in [3.05, 3.63) is 24.3 Å². The van der Waals surface area contributed by atoms with Crippen LogP contribution >= 0.6 is 0 Å². The molecule has 0 saturated carbocycles. The van der Waals surface area contributed by atoms with Gasteiger partial charge < -0.3 is 20.5 Å². The molecule has 0 heterocycles. The van der Waals surface area contributed by atoms with Crippen molar-refractivity contribution in [2.24, 2.45) is 5.92 Å². The fourth-order valence-electron chi connectivity index (χ4n) is 1.88. The normalized spacial score (nSPS) is 11.8. The van der Waals surface area contributed by atoms with Crippen LogP contribution in [0.1, 0.15) is 27.2 Å². The minimum atomic E-state index is -1.05. The number of nitrogens with one attached hydrogen (secondary N) is 2. The topological polar surface area (TPSA) is 87.7 Å². The number of hydrogen-bond acceptors (Lipinski definition) is 3. The molecular formula is C15H22N2O4. The summed E-state index contributed by atoms with van der Waals surface area (Å²) in [5, 5.41) is 14.2. The van der Waals surface area contributed by atoms with Gasteiger partial charge in [-0.1, -0.05) is 26.8 Å². The molecule has 6 nitrogen and oxygen atoms in total. The van der Waals surface area contributed by atoms with Gasteiger partial charge in [-0.15, -0.1) is 0 Å². The van der Waals surface area contributed by atoms with E-state index in [1.54, 1.807) is 24.3 Å². The summed E-state index contributed by atoms with van der Waals surface area (Å²) in [7, 11) is 0. The average molecular weight is 294 g/mol. The number of hydrogen-bond donors (Lipinski definition) is 3. The molecule has 0 spiro atoms. The lowest BCUT2D eigenvalue weighted by Crippen LogP contribution is -2.40. The van der Waals surface area contributed by atoms with Crippen molar-refractivity contribution in [3.8, 4) is 5.75 Å². The summed E-state index contributed by atoms with van der Waals surface area (Å²) in [5.74, 6) is -0.300. The molecule has 1 unspecified atom stereocenters. The van der Waals surface area contributed by atoms with E-state index < -0.39 is 12.6 Å². The number of carboxylic acids is 1. The molecule has 116 valence electrons. The molecule has 0 aliphatic rings. The van der Waals surface area contributed by atoms with Gasteiger partial charge in [-0.3, -0.25) is 0 Å². The smallest absolute Gasteiger partial charge is 0.341 e. The van der Waals surface area contributed by atoms with Crippen LogP contribution in [0.5, 0.6) is 5.75 Å². The van der Waals surface area contributed by atoms with E-state index in [4.69, 9.17) is 9.84 Å². The van der Waals surface area contributed by atoms with Crippen LogP contribution in [0.25, 0.3) is 0 Å². The zero-order valence-electron chi connectivity index (χ0n) is 12.6. The highest BCUT2D eigenvalue weighted by Gasteiger charge is 2.14. The Balaban J connectivity index is 2.59. The minimum Gasteiger partial charge on any atom is -0.482 e. The molecule has 3 N–H and O–H groups in total. The highest BCUT2D eigenvalue weighted by atomic mass is 16.5. The van der Waals surface area contributed by atoms with Gasteiger partial charge in [0.25, 0.3) is 0 Å². The lowest BCUT2D eigenvalue weighted by molar-refractivity contribution is -0.139. The zero-order valence-corrected chi connectivity index (χ0v) is 12.6. The van der Waals surface area contributed by atoms with Crippen molar-refractivity contribution < 1.29 is 19.4 Å². The molecule has 0 saturated heterocycles. The molecule has 6 heteroatoms. The largest absolute Gasteiger partial charge is 0.482 e. The van der Waals surface area contributed by atoms with Gasteiger partial charge in [0.05, 0.1) is 0 Å². The van der Waals surface area contributed by atoms with E-state index in [0.29, 0.717) is 17.4 Å². The van der Waals surface area contributed by atoms with Crippen LogP contribution in [-0.2, 0) is 4.79 Å². The first-order valence-corrected chi connectivity index (χ1v) is 6.94. The number of amides is 2. The maximum absolute atomic E-state index is 11.9. The fourth-order valence-corrected chi connectivity index (χ4v) is 1.88. The molecule has 1 aromatic rings. The molecule has 0 aliphatic heterocycles. The van der Waals surface area contributed by atoms with Crippen molar-refractivity contribution in [1.29, 1.82) is 0 Å². The molecular weight excluding hydrogens is 272 g/mol. The van der Waals surface area contributed by atoms with Gasteiger partial charge in [-0.05, 0) is 24.5 Å². The molecule has 21 heavy (non-hydrogen) atoms. The van der Waals surface area contributed by atoms with Gasteiger partial charge in [0.15, 0.2) is 6.61 Å². The molecule has 1 rings (SSSR count). The number of ether oxygens (including phenoxy) is 1. The van der Waals surface area contributed by atoms with Crippen LogP contribution < -0.4 is 15.4 Å². The van der Waals surface area contributed by atoms with Crippen molar-refractivity contribution >= 4 is 17.7 Å². The first kappa shape index (κ1) is 16.8. The van der Waals surface area contributed by atoms with Gasteiger partial charge in [0.1, 0.15) is 5.75 Å². The number of carboxylic acid groups (broad SMARTS) is 1. The predicted octanol–water partition coefficient (Wildman–Crippen LogP) is 2.71. The Labute approximate surface area is 124 Å². The number of anilines is 1. The molecule has 0 fully saturated rings. The second-order valence-corrected chi connectivity index (χ2v) is 5.07. The van der Waals surface area contributed by atoms with Crippen LogP contribution in [0.15, 0.2) is 24.3 Å². The van der Waals surface area contributed by atoms with Crippen molar-refractivity contribution in [2.75, 3.05) is 11.9 Å². The Hall–Kier alpha value is -2.24. The molecule has 1 aromatic carbocycles. The SMILES string of the molecule is CCC(NC(=O)Nc1cccc(OCC(=O)O)c1)C(C)C. The Morgan fingerprint density at radius 2 is 2.05 bits per heavy atom. The van der Waals surface area contributed by atoms with E-state index in [2.05, 4.69) is 24.5 Å². The molecule has 0 radical (unpaired) electrons. The summed E-state index contributed by atoms with van der Waals surface area (Å²) in [5.41, 5.74) is 0.550. The third-order valence-corrected chi connectivity index (χ3v) is 3.02. The minimum absolute atomic E-state index is 0.108. The first-order chi connectivity index (χ1) is 9.92. The summed E-state index contributed by atoms with van der Waals surface area (Å²) < 4.78 is 5.06. The van der Waals surface area contributed by atoms with E-state index in [0.717, 1.165) is 6.42 Å². The number of aliphatic carboxylic acids is 1. The predicted molar refractivity (Wildman–Crippen MR) is 80.6 cm³/mol. The first-order valence-electron chi connectivity index (χ1n) is 6.94. The Bertz CT molecular complexity index is 488. The summed E-state index contributed by atoms with van der Waals surface area (Å²) in [6.45, 7) is 5.70. The fraction of sp³-hybridized carbons (Fsp3) is 0.467. The van der Waals surface area contributed by atoms with E-state index in [-0.39, 0.29) is 12.1 Å². The third-order valence-electron chi connectivity index (χ3n) is 3.02. The van der Waals surface area contributed by atoms with Gasteiger partial charge in [-0.2, -0.15) is 0 Å². The lowest BCUT2D eigenvalue weighted by Gasteiger charge is -2.21. The van der Waals surface area contributed by atoms with Gasteiger partial charge in [0, 0.05) is 17.8 Å². The maximum Gasteiger partial charge on any atom is 0.341 e. The Morgan fingerprint density at radius 3 is 2.62 bits per heavy atom. The van der Waals surface area contributed by atoms with Crippen LogP contribution in [-0.4, -0.2) is 29.8 Å². The van der Waals surface area contributed by atoms with Gasteiger partial charge in [0.2, 0.25) is 0 Å². The van der Waals surface area contributed by atoms with Crippen LogP contribution in [0.3, 0.4) is 0 Å². The number of carbonyl (C=O) groups is 2. The van der Waals surface area contributed by atoms with Crippen LogP contribution in [0.2, 0.25) is 0 Å². The van der Waals surface area contributed by atoms with Gasteiger partial charge >= 0.3 is 12.0 Å².